The molecule has 0 saturated carbocycles. The monoisotopic (exact) mass is 253 g/mol. The average Bonchev–Trinajstić information content (AvgIpc) is 2.80. The normalized spacial score (nSPS) is 12.1. The first-order valence-corrected chi connectivity index (χ1v) is 5.74. The van der Waals surface area contributed by atoms with E-state index >= 15 is 0 Å². The van der Waals surface area contributed by atoms with Crippen molar-refractivity contribution in [1.29, 1.82) is 0 Å². The maximum atomic E-state index is 11.7. The van der Waals surface area contributed by atoms with E-state index in [9.17, 15) is 9.59 Å². The van der Waals surface area contributed by atoms with Crippen LogP contribution in [0.5, 0.6) is 0 Å². The molecular weight excluding hydrogens is 242 g/mol. The van der Waals surface area contributed by atoms with Gasteiger partial charge in [-0.25, -0.2) is 0 Å². The second-order valence-electron chi connectivity index (χ2n) is 4.23. The summed E-state index contributed by atoms with van der Waals surface area (Å²) in [5, 5.41) is 1.25. The number of H-pyrrole nitrogens is 3. The van der Waals surface area contributed by atoms with Crippen LogP contribution in [0.3, 0.4) is 0 Å². The number of aromatic amines is 3. The van der Waals surface area contributed by atoms with E-state index in [4.69, 9.17) is 0 Å². The topological polar surface area (TPSA) is 81.5 Å². The van der Waals surface area contributed by atoms with Crippen LogP contribution >= 0.6 is 0 Å². The van der Waals surface area contributed by atoms with E-state index in [0.29, 0.717) is 0 Å². The Morgan fingerprint density at radius 2 is 1.84 bits per heavy atom. The number of rotatable bonds is 1. The average molecular weight is 253 g/mol. The third kappa shape index (κ3) is 1.91. The van der Waals surface area contributed by atoms with Crippen LogP contribution in [0, 0.1) is 0 Å². The van der Waals surface area contributed by atoms with Crippen LogP contribution in [-0.4, -0.2) is 15.0 Å². The molecule has 0 unspecified atom stereocenters. The van der Waals surface area contributed by atoms with Crippen LogP contribution in [0.25, 0.3) is 23.6 Å². The Morgan fingerprint density at radius 3 is 2.68 bits per heavy atom. The lowest BCUT2D eigenvalue weighted by Gasteiger charge is -1.91. The predicted octanol–water partition coefficient (Wildman–Crippen LogP) is -0.216. The maximum Gasteiger partial charge on any atom is 0.272 e. The Labute approximate surface area is 106 Å². The molecule has 5 nitrogen and oxygen atoms in total. The molecule has 0 saturated heterocycles. The van der Waals surface area contributed by atoms with Gasteiger partial charge in [-0.2, -0.15) is 0 Å². The minimum atomic E-state index is -0.398. The molecule has 0 amide bonds. The smallest absolute Gasteiger partial charge is 0.272 e. The van der Waals surface area contributed by atoms with Gasteiger partial charge in [0.2, 0.25) is 0 Å². The van der Waals surface area contributed by atoms with Gasteiger partial charge >= 0.3 is 0 Å². The highest BCUT2D eigenvalue weighted by Crippen LogP contribution is 2.17. The highest BCUT2D eigenvalue weighted by Gasteiger charge is 2.00. The molecule has 0 bridgehead atoms. The van der Waals surface area contributed by atoms with Crippen LogP contribution in [0.2, 0.25) is 0 Å². The predicted molar refractivity (Wildman–Crippen MR) is 74.3 cm³/mol. The first-order chi connectivity index (χ1) is 9.15. The van der Waals surface area contributed by atoms with Crippen molar-refractivity contribution in [2.24, 2.45) is 0 Å². The molecule has 94 valence electrons. The molecule has 3 N–H and O–H groups in total. The van der Waals surface area contributed by atoms with Crippen molar-refractivity contribution < 1.29 is 0 Å². The van der Waals surface area contributed by atoms with Gasteiger partial charge in [-0.05, 0) is 12.1 Å². The Morgan fingerprint density at radius 1 is 1.05 bits per heavy atom. The standard InChI is InChI=1S/C14H11N3O2/c1-8-13(18)17-12(14(19)16-8)6-9-7-15-11-5-3-2-4-10(9)11/h2-7,15H,1H2,(H,16,19)(H,17,18)/b12-6-. The largest absolute Gasteiger partial charge is 0.361 e. The summed E-state index contributed by atoms with van der Waals surface area (Å²) in [5.41, 5.74) is 1.05. The Hall–Kier alpha value is -2.82. The summed E-state index contributed by atoms with van der Waals surface area (Å²) in [6, 6.07) is 7.73. The Balaban J connectivity index is 2.33. The quantitative estimate of drug-likeness (QED) is 0.560. The molecule has 3 rings (SSSR count). The lowest BCUT2D eigenvalue weighted by atomic mass is 10.1. The molecular formula is C14H11N3O2. The molecule has 0 atom stereocenters. The molecule has 0 radical (unpaired) electrons. The van der Waals surface area contributed by atoms with Gasteiger partial charge in [0.1, 0.15) is 5.35 Å². The van der Waals surface area contributed by atoms with Crippen molar-refractivity contribution in [2.45, 2.75) is 0 Å². The molecule has 5 heteroatoms. The Bertz CT molecular complexity index is 976. The van der Waals surface area contributed by atoms with Crippen molar-refractivity contribution in [3.05, 3.63) is 67.4 Å². The van der Waals surface area contributed by atoms with Gasteiger partial charge in [0.25, 0.3) is 11.1 Å². The second kappa shape index (κ2) is 4.13. The SMILES string of the molecule is C=c1[nH]c(=O)/c(=C/c2c[nH]c3ccccc23)[nH]c1=O. The van der Waals surface area contributed by atoms with E-state index in [0.717, 1.165) is 16.5 Å². The summed E-state index contributed by atoms with van der Waals surface area (Å²) in [5.74, 6) is 0. The molecule has 0 aliphatic carbocycles. The van der Waals surface area contributed by atoms with Gasteiger partial charge in [0.15, 0.2) is 0 Å². The van der Waals surface area contributed by atoms with Crippen molar-refractivity contribution >= 4 is 23.6 Å². The van der Waals surface area contributed by atoms with Gasteiger partial charge in [-0.3, -0.25) is 9.59 Å². The zero-order chi connectivity index (χ0) is 13.4. The summed E-state index contributed by atoms with van der Waals surface area (Å²) in [6.07, 6.45) is 3.43. The summed E-state index contributed by atoms with van der Waals surface area (Å²) in [6.45, 7) is 3.45. The highest BCUT2D eigenvalue weighted by atomic mass is 16.1. The molecule has 0 aliphatic heterocycles. The number of hydrogen-bond acceptors (Lipinski definition) is 2. The van der Waals surface area contributed by atoms with E-state index in [1.165, 1.54) is 0 Å². The molecule has 19 heavy (non-hydrogen) atoms. The number of fused-ring (bicyclic) bond motifs is 1. The van der Waals surface area contributed by atoms with E-state index in [1.54, 1.807) is 12.3 Å². The maximum absolute atomic E-state index is 11.7. The third-order valence-electron chi connectivity index (χ3n) is 2.95. The van der Waals surface area contributed by atoms with E-state index in [1.807, 2.05) is 24.3 Å². The van der Waals surface area contributed by atoms with Gasteiger partial charge < -0.3 is 15.0 Å². The number of hydrogen-bond donors (Lipinski definition) is 3. The summed E-state index contributed by atoms with van der Waals surface area (Å²) in [7, 11) is 0. The fourth-order valence-electron chi connectivity index (χ4n) is 1.99. The molecule has 0 spiro atoms. The van der Waals surface area contributed by atoms with Crippen molar-refractivity contribution in [3.8, 4) is 0 Å². The first kappa shape index (κ1) is 11.3. The van der Waals surface area contributed by atoms with Gasteiger partial charge in [0.05, 0.1) is 5.35 Å². The Kier molecular flexibility index (Phi) is 2.45. The minimum Gasteiger partial charge on any atom is -0.361 e. The summed E-state index contributed by atoms with van der Waals surface area (Å²) in [4.78, 5) is 31.3. The first-order valence-electron chi connectivity index (χ1n) is 5.74. The zero-order valence-corrected chi connectivity index (χ0v) is 9.99. The zero-order valence-electron chi connectivity index (χ0n) is 9.99. The fourth-order valence-corrected chi connectivity index (χ4v) is 1.99. The van der Waals surface area contributed by atoms with Crippen LogP contribution in [0.4, 0.5) is 0 Å². The molecule has 0 fully saturated rings. The molecule has 2 aromatic heterocycles. The van der Waals surface area contributed by atoms with Gasteiger partial charge in [-0.15, -0.1) is 0 Å². The van der Waals surface area contributed by atoms with Crippen molar-refractivity contribution in [3.63, 3.8) is 0 Å². The summed E-state index contributed by atoms with van der Waals surface area (Å²) < 4.78 is 0. The van der Waals surface area contributed by atoms with E-state index in [2.05, 4.69) is 21.5 Å². The van der Waals surface area contributed by atoms with Crippen LogP contribution in [0.1, 0.15) is 5.56 Å². The number of benzene rings is 1. The van der Waals surface area contributed by atoms with Gasteiger partial charge in [0, 0.05) is 22.7 Å². The van der Waals surface area contributed by atoms with Crippen molar-refractivity contribution in [1.82, 2.24) is 15.0 Å². The number of para-hydroxylation sites is 1. The lowest BCUT2D eigenvalue weighted by Crippen LogP contribution is -2.46. The fraction of sp³-hybridized carbons (Fsp3) is 0. The van der Waals surface area contributed by atoms with Crippen LogP contribution < -0.4 is 21.8 Å². The molecule has 3 aromatic rings. The minimum absolute atomic E-state index is 0.0566. The van der Waals surface area contributed by atoms with Gasteiger partial charge in [-0.1, -0.05) is 24.8 Å². The summed E-state index contributed by atoms with van der Waals surface area (Å²) >= 11 is 0. The second-order valence-corrected chi connectivity index (χ2v) is 4.23. The van der Waals surface area contributed by atoms with E-state index < -0.39 is 5.56 Å². The third-order valence-corrected chi connectivity index (χ3v) is 2.95. The van der Waals surface area contributed by atoms with Crippen molar-refractivity contribution in [2.75, 3.05) is 0 Å². The lowest BCUT2D eigenvalue weighted by molar-refractivity contribution is 1.01. The number of aromatic nitrogens is 3. The highest BCUT2D eigenvalue weighted by molar-refractivity contribution is 5.88. The number of nitrogens with one attached hydrogen (secondary N) is 3. The van der Waals surface area contributed by atoms with Crippen LogP contribution in [-0.2, 0) is 0 Å². The molecule has 2 heterocycles. The van der Waals surface area contributed by atoms with Crippen LogP contribution in [0.15, 0.2) is 40.1 Å². The molecule has 1 aromatic carbocycles. The van der Waals surface area contributed by atoms with E-state index in [-0.39, 0.29) is 16.3 Å². The molecule has 0 aliphatic rings.